The number of hydrogen-bond acceptors (Lipinski definition) is 2. The molecule has 2 aromatic rings. The Morgan fingerprint density at radius 3 is 2.33 bits per heavy atom. The standard InChI is InChI=1S/C13H13NO/c1-10-3-5-12(6-4-10)15-13-9-11(2)7-8-14-13/h3-9H,1-2H3. The maximum absolute atomic E-state index is 5.60. The number of rotatable bonds is 2. The van der Waals surface area contributed by atoms with Gasteiger partial charge in [-0.1, -0.05) is 17.7 Å². The van der Waals surface area contributed by atoms with Crippen LogP contribution in [0.15, 0.2) is 42.6 Å². The van der Waals surface area contributed by atoms with Gasteiger partial charge in [0.2, 0.25) is 5.88 Å². The number of pyridine rings is 1. The Hall–Kier alpha value is -1.83. The molecule has 1 heterocycles. The average Bonchev–Trinajstić information content (AvgIpc) is 2.22. The van der Waals surface area contributed by atoms with Crippen molar-refractivity contribution in [1.82, 2.24) is 4.98 Å². The molecule has 0 amide bonds. The molecule has 0 unspecified atom stereocenters. The quantitative estimate of drug-likeness (QED) is 0.738. The lowest BCUT2D eigenvalue weighted by Crippen LogP contribution is -1.87. The fourth-order valence-corrected chi connectivity index (χ4v) is 1.29. The fraction of sp³-hybridized carbons (Fsp3) is 0.154. The van der Waals surface area contributed by atoms with Crippen LogP contribution in [0.3, 0.4) is 0 Å². The first-order valence-corrected chi connectivity index (χ1v) is 4.91. The average molecular weight is 199 g/mol. The van der Waals surface area contributed by atoms with Gasteiger partial charge in [0.1, 0.15) is 5.75 Å². The molecular formula is C13H13NO. The summed E-state index contributed by atoms with van der Waals surface area (Å²) in [6.07, 6.45) is 1.75. The SMILES string of the molecule is Cc1ccc(Oc2cc(C)ccn2)cc1. The second-order valence-electron chi connectivity index (χ2n) is 3.59. The van der Waals surface area contributed by atoms with E-state index >= 15 is 0 Å². The summed E-state index contributed by atoms with van der Waals surface area (Å²) >= 11 is 0. The van der Waals surface area contributed by atoms with Gasteiger partial charge in [-0.25, -0.2) is 4.98 Å². The van der Waals surface area contributed by atoms with E-state index in [9.17, 15) is 0 Å². The molecule has 0 N–H and O–H groups in total. The Morgan fingerprint density at radius 1 is 0.933 bits per heavy atom. The molecule has 2 heteroatoms. The van der Waals surface area contributed by atoms with Crippen molar-refractivity contribution in [3.63, 3.8) is 0 Å². The van der Waals surface area contributed by atoms with E-state index in [0.29, 0.717) is 5.88 Å². The van der Waals surface area contributed by atoms with Gasteiger partial charge in [0, 0.05) is 12.3 Å². The monoisotopic (exact) mass is 199 g/mol. The summed E-state index contributed by atoms with van der Waals surface area (Å²) in [5.74, 6) is 1.46. The smallest absolute Gasteiger partial charge is 0.219 e. The second kappa shape index (κ2) is 4.13. The molecule has 0 bridgehead atoms. The summed E-state index contributed by atoms with van der Waals surface area (Å²) in [7, 11) is 0. The van der Waals surface area contributed by atoms with Crippen LogP contribution < -0.4 is 4.74 Å². The Morgan fingerprint density at radius 2 is 1.67 bits per heavy atom. The van der Waals surface area contributed by atoms with E-state index in [-0.39, 0.29) is 0 Å². The van der Waals surface area contributed by atoms with Crippen molar-refractivity contribution >= 4 is 0 Å². The largest absolute Gasteiger partial charge is 0.439 e. The molecule has 0 saturated carbocycles. The third-order valence-electron chi connectivity index (χ3n) is 2.13. The zero-order chi connectivity index (χ0) is 10.7. The van der Waals surface area contributed by atoms with Crippen LogP contribution in [0.2, 0.25) is 0 Å². The second-order valence-corrected chi connectivity index (χ2v) is 3.59. The number of hydrogen-bond donors (Lipinski definition) is 0. The van der Waals surface area contributed by atoms with Crippen molar-refractivity contribution in [3.8, 4) is 11.6 Å². The molecule has 0 aliphatic heterocycles. The minimum atomic E-state index is 0.638. The van der Waals surface area contributed by atoms with Gasteiger partial charge in [-0.3, -0.25) is 0 Å². The van der Waals surface area contributed by atoms with E-state index in [1.165, 1.54) is 5.56 Å². The zero-order valence-electron chi connectivity index (χ0n) is 8.90. The summed E-state index contributed by atoms with van der Waals surface area (Å²) in [6.45, 7) is 4.07. The Labute approximate surface area is 89.6 Å². The maximum atomic E-state index is 5.60. The number of aryl methyl sites for hydroxylation is 2. The van der Waals surface area contributed by atoms with Crippen molar-refractivity contribution in [2.24, 2.45) is 0 Å². The molecule has 76 valence electrons. The van der Waals surface area contributed by atoms with E-state index in [1.807, 2.05) is 43.3 Å². The first-order chi connectivity index (χ1) is 7.24. The molecular weight excluding hydrogens is 186 g/mol. The Kier molecular flexibility index (Phi) is 2.68. The summed E-state index contributed by atoms with van der Waals surface area (Å²) in [5, 5.41) is 0. The van der Waals surface area contributed by atoms with E-state index in [2.05, 4.69) is 11.9 Å². The van der Waals surface area contributed by atoms with Gasteiger partial charge >= 0.3 is 0 Å². The lowest BCUT2D eigenvalue weighted by atomic mass is 10.2. The molecule has 15 heavy (non-hydrogen) atoms. The highest BCUT2D eigenvalue weighted by Gasteiger charge is 1.97. The van der Waals surface area contributed by atoms with Crippen LogP contribution in [0.4, 0.5) is 0 Å². The molecule has 0 aliphatic carbocycles. The third-order valence-corrected chi connectivity index (χ3v) is 2.13. The summed E-state index contributed by atoms with van der Waals surface area (Å²) in [4.78, 5) is 4.14. The normalized spacial score (nSPS) is 10.0. The van der Waals surface area contributed by atoms with Crippen LogP contribution in [0, 0.1) is 13.8 Å². The van der Waals surface area contributed by atoms with E-state index in [0.717, 1.165) is 11.3 Å². The first kappa shape index (κ1) is 9.71. The highest BCUT2D eigenvalue weighted by molar-refractivity contribution is 5.30. The van der Waals surface area contributed by atoms with Gasteiger partial charge < -0.3 is 4.74 Å². The molecule has 0 fully saturated rings. The van der Waals surface area contributed by atoms with Crippen LogP contribution in [-0.4, -0.2) is 4.98 Å². The van der Waals surface area contributed by atoms with Crippen LogP contribution in [0.5, 0.6) is 11.6 Å². The highest BCUT2D eigenvalue weighted by atomic mass is 16.5. The minimum Gasteiger partial charge on any atom is -0.439 e. The van der Waals surface area contributed by atoms with Crippen LogP contribution >= 0.6 is 0 Å². The maximum Gasteiger partial charge on any atom is 0.219 e. The van der Waals surface area contributed by atoms with E-state index in [1.54, 1.807) is 6.20 Å². The van der Waals surface area contributed by atoms with E-state index in [4.69, 9.17) is 4.74 Å². The van der Waals surface area contributed by atoms with Crippen molar-refractivity contribution in [2.75, 3.05) is 0 Å². The van der Waals surface area contributed by atoms with Crippen LogP contribution in [0.25, 0.3) is 0 Å². The van der Waals surface area contributed by atoms with Crippen molar-refractivity contribution in [3.05, 3.63) is 53.7 Å². The van der Waals surface area contributed by atoms with Gasteiger partial charge in [-0.05, 0) is 37.6 Å². The van der Waals surface area contributed by atoms with E-state index < -0.39 is 0 Å². The molecule has 1 aromatic heterocycles. The highest BCUT2D eigenvalue weighted by Crippen LogP contribution is 2.19. The third kappa shape index (κ3) is 2.56. The van der Waals surface area contributed by atoms with Crippen molar-refractivity contribution in [2.45, 2.75) is 13.8 Å². The Bertz CT molecular complexity index is 448. The molecule has 2 rings (SSSR count). The molecule has 2 nitrogen and oxygen atoms in total. The van der Waals surface area contributed by atoms with Crippen LogP contribution in [0.1, 0.15) is 11.1 Å². The molecule has 0 atom stereocenters. The first-order valence-electron chi connectivity index (χ1n) is 4.91. The zero-order valence-corrected chi connectivity index (χ0v) is 8.90. The number of benzene rings is 1. The van der Waals surface area contributed by atoms with Gasteiger partial charge in [0.05, 0.1) is 0 Å². The predicted octanol–water partition coefficient (Wildman–Crippen LogP) is 3.49. The summed E-state index contributed by atoms with van der Waals surface area (Å²) in [5.41, 5.74) is 2.37. The predicted molar refractivity (Wildman–Crippen MR) is 60.2 cm³/mol. The molecule has 0 spiro atoms. The van der Waals surface area contributed by atoms with Crippen molar-refractivity contribution in [1.29, 1.82) is 0 Å². The fourth-order valence-electron chi connectivity index (χ4n) is 1.29. The molecule has 0 aliphatic rings. The lowest BCUT2D eigenvalue weighted by Gasteiger charge is -2.04. The van der Waals surface area contributed by atoms with Gasteiger partial charge in [-0.2, -0.15) is 0 Å². The number of nitrogens with zero attached hydrogens (tertiary/aromatic N) is 1. The van der Waals surface area contributed by atoms with Gasteiger partial charge in [0.15, 0.2) is 0 Å². The molecule has 1 aromatic carbocycles. The lowest BCUT2D eigenvalue weighted by molar-refractivity contribution is 0.462. The number of aromatic nitrogens is 1. The molecule has 0 radical (unpaired) electrons. The van der Waals surface area contributed by atoms with Crippen LogP contribution in [-0.2, 0) is 0 Å². The Balaban J connectivity index is 2.18. The number of ether oxygens (including phenoxy) is 1. The van der Waals surface area contributed by atoms with Crippen molar-refractivity contribution < 1.29 is 4.74 Å². The van der Waals surface area contributed by atoms with Gasteiger partial charge in [-0.15, -0.1) is 0 Å². The summed E-state index contributed by atoms with van der Waals surface area (Å²) < 4.78 is 5.60. The molecule has 0 saturated heterocycles. The minimum absolute atomic E-state index is 0.638. The van der Waals surface area contributed by atoms with Gasteiger partial charge in [0.25, 0.3) is 0 Å². The topological polar surface area (TPSA) is 22.1 Å². The summed E-state index contributed by atoms with van der Waals surface area (Å²) in [6, 6.07) is 11.8.